The number of rotatable bonds is 16. The van der Waals surface area contributed by atoms with Crippen LogP contribution in [-0.4, -0.2) is 92.2 Å². The number of aliphatic hydroxyl groups is 1. The fraction of sp³-hybridized carbons (Fsp3) is 0.426. The Kier molecular flexibility index (Phi) is 15.0. The molecule has 5 atom stereocenters. The SMILES string of the molecule is Cc1ncsc1-c1ccc(CNC(=O)[C@@H]2C[C@@H](O)CN2C(=O)[C@@H](NC(=O)COCc2cccnc2COc2cc(F)c([C@@H]3C4=C(C[C@@H](C)N3CC(C)(C)F)c3ccccc3C4)c(F)c2)C(C)(C)C)cc1. The van der Waals surface area contributed by atoms with Gasteiger partial charge in [-0.3, -0.25) is 24.3 Å². The number of halogens is 3. The van der Waals surface area contributed by atoms with Gasteiger partial charge in [0.15, 0.2) is 0 Å². The van der Waals surface area contributed by atoms with Crippen LogP contribution in [0, 0.1) is 24.0 Å². The third-order valence-corrected chi connectivity index (χ3v) is 14.3. The van der Waals surface area contributed by atoms with Gasteiger partial charge in [0.25, 0.3) is 0 Å². The molecule has 5 aromatic rings. The highest BCUT2D eigenvalue weighted by Crippen LogP contribution is 2.50. The van der Waals surface area contributed by atoms with Crippen molar-refractivity contribution in [3.63, 3.8) is 0 Å². The molecule has 1 fully saturated rings. The normalized spacial score (nSPS) is 19.7. The van der Waals surface area contributed by atoms with Gasteiger partial charge in [0.1, 0.15) is 48.4 Å². The van der Waals surface area contributed by atoms with Crippen molar-refractivity contribution in [2.75, 3.05) is 19.7 Å². The average molecular weight is 979 g/mol. The van der Waals surface area contributed by atoms with E-state index in [4.69, 9.17) is 9.47 Å². The fourth-order valence-electron chi connectivity index (χ4n) is 9.87. The average Bonchev–Trinajstić information content (AvgIpc) is 4.03. The first kappa shape index (κ1) is 50.4. The van der Waals surface area contributed by atoms with E-state index in [0.29, 0.717) is 24.1 Å². The van der Waals surface area contributed by atoms with Crippen LogP contribution in [0.25, 0.3) is 16.0 Å². The minimum atomic E-state index is -1.62. The van der Waals surface area contributed by atoms with Crippen LogP contribution in [0.1, 0.15) is 99.6 Å². The van der Waals surface area contributed by atoms with Crippen molar-refractivity contribution in [1.29, 1.82) is 0 Å². The zero-order valence-corrected chi connectivity index (χ0v) is 41.5. The number of carbonyl (C=O) groups is 3. The Hall–Kier alpha value is -5.94. The molecule has 4 heterocycles. The zero-order valence-electron chi connectivity index (χ0n) is 40.7. The summed E-state index contributed by atoms with van der Waals surface area (Å²) in [5.41, 5.74) is 7.14. The Balaban J connectivity index is 0.879. The summed E-state index contributed by atoms with van der Waals surface area (Å²) in [6.45, 7) is 11.7. The Labute approximate surface area is 411 Å². The number of alkyl halides is 1. The van der Waals surface area contributed by atoms with Crippen LogP contribution in [0.3, 0.4) is 0 Å². The molecule has 0 radical (unpaired) electrons. The summed E-state index contributed by atoms with van der Waals surface area (Å²) in [4.78, 5) is 54.1. The minimum absolute atomic E-state index is 0.0125. The molecule has 3 aromatic carbocycles. The summed E-state index contributed by atoms with van der Waals surface area (Å²) >= 11 is 1.56. The highest BCUT2D eigenvalue weighted by atomic mass is 32.1. The monoisotopic (exact) mass is 978 g/mol. The van der Waals surface area contributed by atoms with E-state index >= 15 is 13.2 Å². The quantitative estimate of drug-likeness (QED) is 0.0886. The Bertz CT molecular complexity index is 2750. The maximum absolute atomic E-state index is 16.4. The lowest BCUT2D eigenvalue weighted by atomic mass is 9.84. The van der Waals surface area contributed by atoms with E-state index in [9.17, 15) is 19.5 Å². The number of likely N-dealkylation sites (tertiary alicyclic amines) is 1. The van der Waals surface area contributed by atoms with Gasteiger partial charge in [-0.15, -0.1) is 11.3 Å². The van der Waals surface area contributed by atoms with Crippen LogP contribution < -0.4 is 15.4 Å². The lowest BCUT2D eigenvalue weighted by Crippen LogP contribution is -2.58. The molecule has 0 bridgehead atoms. The molecule has 0 spiro atoms. The standard InChI is InChI=1S/C54H61F3N6O6S/c1-31-19-40-39-13-9-8-11-35(39)20-41(40)48(63(31)29-54(6,7)57)47-42(55)22-38(23-43(47)56)69-27-44-36(12-10-18-58-44)26-68-28-46(65)61-50(53(3,4)5)52(67)62-25-37(64)21-45(62)51(66)59-24-33-14-16-34(17-15-33)49-32(2)60-30-70-49/h8-18,22-23,30-31,37,45,48,50,64H,19-21,24-29H2,1-7H3,(H,59,66)(H,61,65)/t31-,37-,45+,48+,50-/m1/s1. The summed E-state index contributed by atoms with van der Waals surface area (Å²) < 4.78 is 59.8. The molecular weight excluding hydrogens is 918 g/mol. The lowest BCUT2D eigenvalue weighted by molar-refractivity contribution is -0.144. The smallest absolute Gasteiger partial charge is 0.246 e. The maximum Gasteiger partial charge on any atom is 0.246 e. The van der Waals surface area contributed by atoms with Crippen LogP contribution in [0.2, 0.25) is 0 Å². The summed E-state index contributed by atoms with van der Waals surface area (Å²) in [6.07, 6.45) is 1.82. The molecule has 1 aliphatic carbocycles. The predicted octanol–water partition coefficient (Wildman–Crippen LogP) is 8.59. The van der Waals surface area contributed by atoms with Gasteiger partial charge in [0.05, 0.1) is 40.5 Å². The molecular formula is C54H61F3N6O6S. The first-order valence-electron chi connectivity index (χ1n) is 23.7. The van der Waals surface area contributed by atoms with E-state index in [0.717, 1.165) is 56.1 Å². The second-order valence-corrected chi connectivity index (χ2v) is 21.2. The number of hydrogen-bond donors (Lipinski definition) is 3. The van der Waals surface area contributed by atoms with Crippen LogP contribution in [0.5, 0.6) is 5.75 Å². The van der Waals surface area contributed by atoms with Gasteiger partial charge in [-0.25, -0.2) is 18.2 Å². The van der Waals surface area contributed by atoms with Crippen molar-refractivity contribution in [3.05, 3.63) is 141 Å². The Morgan fingerprint density at radius 1 is 0.971 bits per heavy atom. The minimum Gasteiger partial charge on any atom is -0.487 e. The second-order valence-electron chi connectivity index (χ2n) is 20.3. The molecule has 0 unspecified atom stereocenters. The number of nitrogens with zero attached hydrogens (tertiary/aromatic N) is 4. The number of aromatic nitrogens is 2. The van der Waals surface area contributed by atoms with Crippen LogP contribution in [-0.2, 0) is 45.3 Å². The number of benzene rings is 3. The van der Waals surface area contributed by atoms with Crippen molar-refractivity contribution in [1.82, 2.24) is 30.4 Å². The van der Waals surface area contributed by atoms with Gasteiger partial charge < -0.3 is 30.1 Å². The number of β-amino-alcohol motifs (C(OH)–C–C–N with tert-alkyl or cyclic N) is 1. The number of amides is 3. The van der Waals surface area contributed by atoms with Gasteiger partial charge in [0, 0.05) is 61.6 Å². The summed E-state index contributed by atoms with van der Waals surface area (Å²) in [6, 6.07) is 18.5. The van der Waals surface area contributed by atoms with E-state index in [-0.39, 0.29) is 56.6 Å². The van der Waals surface area contributed by atoms with E-state index in [2.05, 4.69) is 20.6 Å². The van der Waals surface area contributed by atoms with Crippen molar-refractivity contribution in [2.24, 2.45) is 5.41 Å². The molecule has 12 nitrogen and oxygen atoms in total. The molecule has 3 amide bonds. The molecule has 0 saturated carbocycles. The fourth-order valence-corrected chi connectivity index (χ4v) is 10.7. The van der Waals surface area contributed by atoms with E-state index in [1.54, 1.807) is 55.9 Å². The van der Waals surface area contributed by atoms with Crippen LogP contribution in [0.15, 0.2) is 90.1 Å². The Morgan fingerprint density at radius 3 is 2.39 bits per heavy atom. The number of thiazole rings is 1. The van der Waals surface area contributed by atoms with E-state index in [1.807, 2.05) is 67.3 Å². The van der Waals surface area contributed by atoms with Gasteiger partial charge >= 0.3 is 0 Å². The molecule has 1 saturated heterocycles. The van der Waals surface area contributed by atoms with Gasteiger partial charge in [-0.1, -0.05) is 75.4 Å². The number of hydrogen-bond acceptors (Lipinski definition) is 10. The lowest BCUT2D eigenvalue weighted by Gasteiger charge is -2.44. The van der Waals surface area contributed by atoms with Crippen molar-refractivity contribution >= 4 is 34.6 Å². The number of fused-ring (bicyclic) bond motifs is 2. The summed E-state index contributed by atoms with van der Waals surface area (Å²) in [5, 5.41) is 16.4. The largest absolute Gasteiger partial charge is 0.487 e. The molecule has 370 valence electrons. The number of aryl methyl sites for hydroxylation is 1. The molecule has 2 aliphatic heterocycles. The number of ether oxygens (including phenoxy) is 2. The first-order chi connectivity index (χ1) is 33.3. The highest BCUT2D eigenvalue weighted by molar-refractivity contribution is 7.13. The van der Waals surface area contributed by atoms with Crippen molar-refractivity contribution in [3.8, 4) is 16.2 Å². The molecule has 3 aliphatic rings. The Morgan fingerprint density at radius 2 is 1.70 bits per heavy atom. The predicted molar refractivity (Wildman–Crippen MR) is 262 cm³/mol. The molecule has 2 aromatic heterocycles. The number of pyridine rings is 1. The molecule has 70 heavy (non-hydrogen) atoms. The molecule has 16 heteroatoms. The zero-order chi connectivity index (χ0) is 50.1. The van der Waals surface area contributed by atoms with E-state index in [1.165, 1.54) is 18.7 Å². The van der Waals surface area contributed by atoms with Crippen LogP contribution in [0.4, 0.5) is 13.2 Å². The summed E-state index contributed by atoms with van der Waals surface area (Å²) in [5.74, 6) is -3.16. The molecule has 3 N–H and O–H groups in total. The number of carbonyl (C=O) groups excluding carboxylic acids is 3. The molecule has 8 rings (SSSR count). The van der Waals surface area contributed by atoms with Gasteiger partial charge in [-0.2, -0.15) is 0 Å². The number of nitrogens with one attached hydrogen (secondary N) is 2. The highest BCUT2D eigenvalue weighted by Gasteiger charge is 2.45. The van der Waals surface area contributed by atoms with Crippen molar-refractivity contribution < 1.29 is 42.1 Å². The maximum atomic E-state index is 16.4. The topological polar surface area (TPSA) is 146 Å². The van der Waals surface area contributed by atoms with Gasteiger partial charge in [0.2, 0.25) is 17.7 Å². The van der Waals surface area contributed by atoms with E-state index < -0.39 is 71.3 Å². The third kappa shape index (κ3) is 11.3. The van der Waals surface area contributed by atoms with Crippen molar-refractivity contribution in [2.45, 2.75) is 123 Å². The van der Waals surface area contributed by atoms with Gasteiger partial charge in [-0.05, 0) is 85.4 Å². The third-order valence-electron chi connectivity index (χ3n) is 13.3. The van der Waals surface area contributed by atoms with Crippen LogP contribution >= 0.6 is 11.3 Å². The second kappa shape index (κ2) is 20.8. The summed E-state index contributed by atoms with van der Waals surface area (Å²) in [7, 11) is 0. The number of aliphatic hydroxyl groups excluding tert-OH is 1. The first-order valence-corrected chi connectivity index (χ1v) is 24.6.